The van der Waals surface area contributed by atoms with E-state index >= 15 is 0 Å². The molecule has 0 saturated carbocycles. The number of hydrogen-bond acceptors (Lipinski definition) is 6. The van der Waals surface area contributed by atoms with Crippen molar-refractivity contribution in [2.45, 2.75) is 341 Å². The molecule has 1 unspecified atom stereocenters. The number of unbranched alkanes of at least 4 members (excludes halogenated alkanes) is 36. The topological polar surface area (TPSA) is 78.9 Å². The Morgan fingerprint density at radius 2 is 0.513 bits per heavy atom. The van der Waals surface area contributed by atoms with Gasteiger partial charge in [-0.25, -0.2) is 0 Å². The number of esters is 3. The minimum atomic E-state index is -0.794. The van der Waals surface area contributed by atoms with Gasteiger partial charge >= 0.3 is 17.9 Å². The van der Waals surface area contributed by atoms with Crippen LogP contribution in [0.1, 0.15) is 335 Å². The number of carbonyl (C=O) groups excluding carboxylic acids is 3. The summed E-state index contributed by atoms with van der Waals surface area (Å²) in [7, 11) is 0. The lowest BCUT2D eigenvalue weighted by atomic mass is 10.0. The predicted octanol–water partition coefficient (Wildman–Crippen LogP) is 23.1. The number of allylic oxidation sites excluding steroid dienone is 14. The second-order valence-corrected chi connectivity index (χ2v) is 22.4. The highest BCUT2D eigenvalue weighted by Crippen LogP contribution is 2.17. The van der Waals surface area contributed by atoms with Gasteiger partial charge in [-0.1, -0.05) is 311 Å². The van der Waals surface area contributed by atoms with E-state index in [0.29, 0.717) is 19.3 Å². The van der Waals surface area contributed by atoms with E-state index in [4.69, 9.17) is 14.2 Å². The molecule has 6 nitrogen and oxygen atoms in total. The normalized spacial score (nSPS) is 12.6. The lowest BCUT2D eigenvalue weighted by Gasteiger charge is -2.18. The third kappa shape index (κ3) is 63.4. The van der Waals surface area contributed by atoms with Gasteiger partial charge in [0.2, 0.25) is 0 Å². The van der Waals surface area contributed by atoms with Crippen molar-refractivity contribution < 1.29 is 28.6 Å². The summed E-state index contributed by atoms with van der Waals surface area (Å²) < 4.78 is 16.9. The summed E-state index contributed by atoms with van der Waals surface area (Å²) in [5.74, 6) is -0.909. The SMILES string of the molecule is CC/C=C\C/C=C\C/C=C\C/C=C\C/C=C\C/C=C\CCCCCCC(=O)OC(COC(=O)CCCCCCC/C=C\CCCC)COC(=O)CCCCCCCCCCCCCCCCCCCCCCCCCCCC. The van der Waals surface area contributed by atoms with Gasteiger partial charge in [-0.3, -0.25) is 14.4 Å². The zero-order valence-electron chi connectivity index (χ0n) is 51.7. The van der Waals surface area contributed by atoms with Crippen LogP contribution in [-0.2, 0) is 28.6 Å². The fraction of sp³-hybridized carbons (Fsp3) is 0.764. The summed E-state index contributed by atoms with van der Waals surface area (Å²) in [6.07, 6.45) is 87.5. The summed E-state index contributed by atoms with van der Waals surface area (Å²) in [5, 5.41) is 0. The molecule has 0 aromatic heterocycles. The Labute approximate surface area is 484 Å². The smallest absolute Gasteiger partial charge is 0.306 e. The average Bonchev–Trinajstić information content (AvgIpc) is 3.44. The zero-order chi connectivity index (χ0) is 56.4. The molecule has 78 heavy (non-hydrogen) atoms. The largest absolute Gasteiger partial charge is 0.462 e. The van der Waals surface area contributed by atoms with E-state index in [1.165, 1.54) is 180 Å². The molecule has 0 heterocycles. The third-order valence-electron chi connectivity index (χ3n) is 14.6. The first-order valence-electron chi connectivity index (χ1n) is 33.6. The molecule has 0 aliphatic heterocycles. The molecule has 0 aliphatic rings. The Morgan fingerprint density at radius 1 is 0.269 bits per heavy atom. The maximum absolute atomic E-state index is 12.9. The monoisotopic (exact) mass is 1090 g/mol. The molecule has 0 spiro atoms. The molecule has 0 aromatic rings. The van der Waals surface area contributed by atoms with Crippen LogP contribution < -0.4 is 0 Å². The van der Waals surface area contributed by atoms with Crippen molar-refractivity contribution >= 4 is 17.9 Å². The van der Waals surface area contributed by atoms with Crippen LogP contribution in [0.25, 0.3) is 0 Å². The van der Waals surface area contributed by atoms with E-state index in [1.807, 2.05) is 0 Å². The molecule has 0 saturated heterocycles. The van der Waals surface area contributed by atoms with E-state index in [1.54, 1.807) is 0 Å². The average molecular weight is 1090 g/mol. The predicted molar refractivity (Wildman–Crippen MR) is 339 cm³/mol. The molecular weight excluding hydrogens is 961 g/mol. The second kappa shape index (κ2) is 66.1. The van der Waals surface area contributed by atoms with Crippen molar-refractivity contribution in [3.05, 3.63) is 85.1 Å². The molecule has 450 valence electrons. The number of rotatable bonds is 61. The van der Waals surface area contributed by atoms with Crippen LogP contribution >= 0.6 is 0 Å². The fourth-order valence-electron chi connectivity index (χ4n) is 9.61. The van der Waals surface area contributed by atoms with E-state index in [2.05, 4.69) is 106 Å². The Hall–Kier alpha value is -3.41. The van der Waals surface area contributed by atoms with Crippen molar-refractivity contribution in [2.24, 2.45) is 0 Å². The molecule has 0 amide bonds. The van der Waals surface area contributed by atoms with E-state index in [0.717, 1.165) is 116 Å². The van der Waals surface area contributed by atoms with Crippen molar-refractivity contribution in [3.63, 3.8) is 0 Å². The van der Waals surface area contributed by atoms with Crippen molar-refractivity contribution in [3.8, 4) is 0 Å². The molecular formula is C72H126O6. The van der Waals surface area contributed by atoms with E-state index < -0.39 is 6.10 Å². The van der Waals surface area contributed by atoms with Gasteiger partial charge in [0.15, 0.2) is 6.10 Å². The van der Waals surface area contributed by atoms with Gasteiger partial charge in [-0.15, -0.1) is 0 Å². The number of ether oxygens (including phenoxy) is 3. The van der Waals surface area contributed by atoms with Crippen molar-refractivity contribution in [2.75, 3.05) is 13.2 Å². The Kier molecular flexibility index (Phi) is 63.2. The van der Waals surface area contributed by atoms with Crippen molar-refractivity contribution in [1.82, 2.24) is 0 Å². The first-order chi connectivity index (χ1) is 38.5. The minimum Gasteiger partial charge on any atom is -0.462 e. The van der Waals surface area contributed by atoms with Crippen LogP contribution in [0.5, 0.6) is 0 Å². The number of hydrogen-bond donors (Lipinski definition) is 0. The summed E-state index contributed by atoms with van der Waals surface area (Å²) in [4.78, 5) is 38.3. The molecule has 0 bridgehead atoms. The van der Waals surface area contributed by atoms with Gasteiger partial charge < -0.3 is 14.2 Å². The highest BCUT2D eigenvalue weighted by atomic mass is 16.6. The molecule has 0 rings (SSSR count). The molecule has 0 radical (unpaired) electrons. The summed E-state index contributed by atoms with van der Waals surface area (Å²) in [6.45, 7) is 6.50. The summed E-state index contributed by atoms with van der Waals surface area (Å²) >= 11 is 0. The number of carbonyl (C=O) groups is 3. The van der Waals surface area contributed by atoms with Crippen LogP contribution in [-0.4, -0.2) is 37.2 Å². The zero-order valence-corrected chi connectivity index (χ0v) is 51.7. The fourth-order valence-corrected chi connectivity index (χ4v) is 9.61. The first kappa shape index (κ1) is 74.6. The highest BCUT2D eigenvalue weighted by molar-refractivity contribution is 5.71. The quantitative estimate of drug-likeness (QED) is 0.0261. The second-order valence-electron chi connectivity index (χ2n) is 22.4. The molecule has 6 heteroatoms. The van der Waals surface area contributed by atoms with Gasteiger partial charge in [0, 0.05) is 19.3 Å². The minimum absolute atomic E-state index is 0.0871. The van der Waals surface area contributed by atoms with Gasteiger partial charge in [0.25, 0.3) is 0 Å². The summed E-state index contributed by atoms with van der Waals surface area (Å²) in [6, 6.07) is 0. The molecule has 0 aliphatic carbocycles. The molecule has 0 N–H and O–H groups in total. The summed E-state index contributed by atoms with van der Waals surface area (Å²) in [5.41, 5.74) is 0. The van der Waals surface area contributed by atoms with Gasteiger partial charge in [-0.05, 0) is 89.9 Å². The standard InChI is InChI=1S/C72H126O6/c1-4-7-10-13-16-19-22-24-26-28-30-32-34-35-36-38-39-41-43-45-47-50-53-56-59-62-65-71(74)77-68-69(67-76-70(73)64-61-58-55-52-49-21-18-15-12-9-6-3)78-72(75)66-63-60-57-54-51-48-46-44-42-40-37-33-31-29-27-25-23-20-17-14-11-8-5-2/h8,11,15,17-18,20,25,27,31,33,40,42,46,48,69H,4-7,9-10,12-14,16,19,21-24,26,28-30,32,34-39,41,43-45,47,49-68H2,1-3H3/b11-8-,18-15-,20-17-,27-25-,33-31-,42-40-,48-46-. The molecule has 0 aromatic carbocycles. The van der Waals surface area contributed by atoms with Crippen molar-refractivity contribution in [1.29, 1.82) is 0 Å². The van der Waals surface area contributed by atoms with Crippen LogP contribution in [0, 0.1) is 0 Å². The van der Waals surface area contributed by atoms with Gasteiger partial charge in [0.05, 0.1) is 0 Å². The maximum Gasteiger partial charge on any atom is 0.306 e. The van der Waals surface area contributed by atoms with Crippen LogP contribution in [0.3, 0.4) is 0 Å². The van der Waals surface area contributed by atoms with Gasteiger partial charge in [0.1, 0.15) is 13.2 Å². The lowest BCUT2D eigenvalue weighted by molar-refractivity contribution is -0.167. The van der Waals surface area contributed by atoms with Crippen LogP contribution in [0.15, 0.2) is 85.1 Å². The lowest BCUT2D eigenvalue weighted by Crippen LogP contribution is -2.30. The first-order valence-corrected chi connectivity index (χ1v) is 33.6. The van der Waals surface area contributed by atoms with Gasteiger partial charge in [-0.2, -0.15) is 0 Å². The van der Waals surface area contributed by atoms with Crippen LogP contribution in [0.4, 0.5) is 0 Å². The Balaban J connectivity index is 4.27. The van der Waals surface area contributed by atoms with E-state index in [-0.39, 0.29) is 31.1 Å². The Morgan fingerprint density at radius 3 is 0.833 bits per heavy atom. The Bertz CT molecular complexity index is 1480. The van der Waals surface area contributed by atoms with Crippen LogP contribution in [0.2, 0.25) is 0 Å². The molecule has 1 atom stereocenters. The molecule has 0 fully saturated rings. The van der Waals surface area contributed by atoms with E-state index in [9.17, 15) is 14.4 Å². The third-order valence-corrected chi connectivity index (χ3v) is 14.6. The highest BCUT2D eigenvalue weighted by Gasteiger charge is 2.19. The maximum atomic E-state index is 12.9.